The molecule has 17 heavy (non-hydrogen) atoms. The molecule has 88 valence electrons. The van der Waals surface area contributed by atoms with Gasteiger partial charge in [0.05, 0.1) is 7.11 Å². The molecule has 2 aromatic carbocycles. The molecule has 0 fully saturated rings. The Balaban J connectivity index is 2.64. The summed E-state index contributed by atoms with van der Waals surface area (Å²) >= 11 is 0. The van der Waals surface area contributed by atoms with Gasteiger partial charge in [-0.2, -0.15) is 0 Å². The van der Waals surface area contributed by atoms with Crippen molar-refractivity contribution in [2.75, 3.05) is 7.11 Å². The Morgan fingerprint density at radius 2 is 1.76 bits per heavy atom. The van der Waals surface area contributed by atoms with Crippen molar-refractivity contribution in [1.82, 2.24) is 0 Å². The van der Waals surface area contributed by atoms with E-state index in [1.807, 2.05) is 6.92 Å². The van der Waals surface area contributed by atoms with E-state index in [1.165, 1.54) is 25.3 Å². The summed E-state index contributed by atoms with van der Waals surface area (Å²) < 4.78 is 32.1. The van der Waals surface area contributed by atoms with Crippen LogP contribution in [0.3, 0.4) is 0 Å². The summed E-state index contributed by atoms with van der Waals surface area (Å²) in [7, 11) is 1.40. The van der Waals surface area contributed by atoms with Gasteiger partial charge in [0.2, 0.25) is 0 Å². The van der Waals surface area contributed by atoms with E-state index in [0.717, 1.165) is 5.56 Å². The van der Waals surface area contributed by atoms with Gasteiger partial charge in [-0.05, 0) is 36.2 Å². The highest BCUT2D eigenvalue weighted by atomic mass is 19.1. The number of aryl methyl sites for hydroxylation is 1. The minimum Gasteiger partial charge on any atom is -0.494 e. The summed E-state index contributed by atoms with van der Waals surface area (Å²) in [5.41, 5.74) is 1.71. The highest BCUT2D eigenvalue weighted by Crippen LogP contribution is 2.31. The number of benzene rings is 2. The quantitative estimate of drug-likeness (QED) is 0.764. The number of rotatable bonds is 2. The Labute approximate surface area is 98.7 Å². The van der Waals surface area contributed by atoms with E-state index >= 15 is 0 Å². The summed E-state index contributed by atoms with van der Waals surface area (Å²) in [6.45, 7) is 1.81. The van der Waals surface area contributed by atoms with E-state index in [-0.39, 0.29) is 11.6 Å². The molecule has 0 bridgehead atoms. The molecule has 0 atom stereocenters. The monoisotopic (exact) mass is 234 g/mol. The largest absolute Gasteiger partial charge is 0.494 e. The first kappa shape index (κ1) is 11.6. The van der Waals surface area contributed by atoms with Gasteiger partial charge in [-0.3, -0.25) is 0 Å². The lowest BCUT2D eigenvalue weighted by Gasteiger charge is -2.10. The number of ether oxygens (including phenoxy) is 1. The van der Waals surface area contributed by atoms with Crippen LogP contribution in [0.5, 0.6) is 5.75 Å². The lowest BCUT2D eigenvalue weighted by Crippen LogP contribution is -1.93. The van der Waals surface area contributed by atoms with Crippen molar-refractivity contribution >= 4 is 0 Å². The minimum atomic E-state index is -0.469. The lowest BCUT2D eigenvalue weighted by molar-refractivity contribution is 0.387. The second-order valence-corrected chi connectivity index (χ2v) is 3.78. The molecule has 0 heterocycles. The summed E-state index contributed by atoms with van der Waals surface area (Å²) in [5.74, 6) is -0.692. The van der Waals surface area contributed by atoms with Crippen molar-refractivity contribution in [1.29, 1.82) is 0 Å². The molecule has 0 radical (unpaired) electrons. The molecule has 2 aromatic rings. The zero-order valence-electron chi connectivity index (χ0n) is 9.63. The standard InChI is InChI=1S/C14H12F2O/c1-9-6-7-10(15)8-12(9)11-4-3-5-13(17-2)14(11)16/h3-8H,1-2H3. The highest BCUT2D eigenvalue weighted by Gasteiger charge is 2.12. The summed E-state index contributed by atoms with van der Waals surface area (Å²) in [4.78, 5) is 0. The molecule has 2 rings (SSSR count). The van der Waals surface area contributed by atoms with Crippen molar-refractivity contribution in [3.05, 3.63) is 53.6 Å². The number of halogens is 2. The normalized spacial score (nSPS) is 10.4. The molecule has 0 saturated carbocycles. The maximum absolute atomic E-state index is 14.0. The van der Waals surface area contributed by atoms with Crippen LogP contribution < -0.4 is 4.74 Å². The molecule has 0 aliphatic heterocycles. The van der Waals surface area contributed by atoms with Gasteiger partial charge in [-0.25, -0.2) is 8.78 Å². The van der Waals surface area contributed by atoms with Crippen LogP contribution in [-0.4, -0.2) is 7.11 Å². The van der Waals surface area contributed by atoms with Gasteiger partial charge < -0.3 is 4.74 Å². The molecule has 0 saturated heterocycles. The van der Waals surface area contributed by atoms with Gasteiger partial charge >= 0.3 is 0 Å². The molecule has 1 nitrogen and oxygen atoms in total. The molecule has 3 heteroatoms. The van der Waals surface area contributed by atoms with Gasteiger partial charge in [0.1, 0.15) is 5.82 Å². The van der Waals surface area contributed by atoms with Crippen molar-refractivity contribution < 1.29 is 13.5 Å². The van der Waals surface area contributed by atoms with Crippen LogP contribution in [0.15, 0.2) is 36.4 Å². The summed E-state index contributed by atoms with van der Waals surface area (Å²) in [6.07, 6.45) is 0. The summed E-state index contributed by atoms with van der Waals surface area (Å²) in [5, 5.41) is 0. The van der Waals surface area contributed by atoms with Crippen LogP contribution in [0.1, 0.15) is 5.56 Å². The fraction of sp³-hybridized carbons (Fsp3) is 0.143. The molecule has 0 spiro atoms. The molecule has 0 aromatic heterocycles. The van der Waals surface area contributed by atoms with Crippen LogP contribution in [0.2, 0.25) is 0 Å². The fourth-order valence-electron chi connectivity index (χ4n) is 1.76. The lowest BCUT2D eigenvalue weighted by atomic mass is 10.00. The van der Waals surface area contributed by atoms with Crippen LogP contribution in [0.4, 0.5) is 8.78 Å². The minimum absolute atomic E-state index is 0.158. The van der Waals surface area contributed by atoms with E-state index in [2.05, 4.69) is 0 Å². The molecular weight excluding hydrogens is 222 g/mol. The Bertz CT molecular complexity index is 550. The molecule has 0 unspecified atom stereocenters. The fourth-order valence-corrected chi connectivity index (χ4v) is 1.76. The SMILES string of the molecule is COc1cccc(-c2cc(F)ccc2C)c1F. The Kier molecular flexibility index (Phi) is 3.09. The van der Waals surface area contributed by atoms with Crippen LogP contribution in [0.25, 0.3) is 11.1 Å². The maximum Gasteiger partial charge on any atom is 0.172 e. The average Bonchev–Trinajstić information content (AvgIpc) is 2.33. The zero-order chi connectivity index (χ0) is 12.4. The Hall–Kier alpha value is -1.90. The van der Waals surface area contributed by atoms with E-state index in [9.17, 15) is 8.78 Å². The predicted octanol–water partition coefficient (Wildman–Crippen LogP) is 3.95. The molecule has 0 amide bonds. The smallest absolute Gasteiger partial charge is 0.172 e. The van der Waals surface area contributed by atoms with Gasteiger partial charge in [0.25, 0.3) is 0 Å². The van der Waals surface area contributed by atoms with E-state index < -0.39 is 5.82 Å². The van der Waals surface area contributed by atoms with Crippen LogP contribution >= 0.6 is 0 Å². The van der Waals surface area contributed by atoms with Gasteiger partial charge in [0, 0.05) is 5.56 Å². The third kappa shape index (κ3) is 2.13. The number of methoxy groups -OCH3 is 1. The van der Waals surface area contributed by atoms with Crippen molar-refractivity contribution in [3.63, 3.8) is 0 Å². The topological polar surface area (TPSA) is 9.23 Å². The van der Waals surface area contributed by atoms with E-state index in [0.29, 0.717) is 11.1 Å². The Morgan fingerprint density at radius 1 is 1.00 bits per heavy atom. The summed E-state index contributed by atoms with van der Waals surface area (Å²) in [6, 6.07) is 9.14. The Morgan fingerprint density at radius 3 is 2.47 bits per heavy atom. The zero-order valence-corrected chi connectivity index (χ0v) is 9.63. The predicted molar refractivity (Wildman–Crippen MR) is 63.1 cm³/mol. The van der Waals surface area contributed by atoms with Crippen molar-refractivity contribution in [2.24, 2.45) is 0 Å². The van der Waals surface area contributed by atoms with Crippen LogP contribution in [0, 0.1) is 18.6 Å². The third-order valence-electron chi connectivity index (χ3n) is 2.67. The molecule has 0 N–H and O–H groups in total. The second-order valence-electron chi connectivity index (χ2n) is 3.78. The van der Waals surface area contributed by atoms with Crippen LogP contribution in [-0.2, 0) is 0 Å². The van der Waals surface area contributed by atoms with Crippen molar-refractivity contribution in [3.8, 4) is 16.9 Å². The molecule has 0 aliphatic carbocycles. The van der Waals surface area contributed by atoms with E-state index in [1.54, 1.807) is 18.2 Å². The number of hydrogen-bond acceptors (Lipinski definition) is 1. The third-order valence-corrected chi connectivity index (χ3v) is 2.67. The van der Waals surface area contributed by atoms with Gasteiger partial charge in [-0.15, -0.1) is 0 Å². The first-order valence-electron chi connectivity index (χ1n) is 5.22. The average molecular weight is 234 g/mol. The number of hydrogen-bond donors (Lipinski definition) is 0. The first-order valence-corrected chi connectivity index (χ1v) is 5.22. The maximum atomic E-state index is 14.0. The molecular formula is C14H12F2O. The first-order chi connectivity index (χ1) is 8.13. The van der Waals surface area contributed by atoms with Gasteiger partial charge in [0.15, 0.2) is 11.6 Å². The van der Waals surface area contributed by atoms with E-state index in [4.69, 9.17) is 4.74 Å². The molecule has 0 aliphatic rings. The van der Waals surface area contributed by atoms with Gasteiger partial charge in [-0.1, -0.05) is 18.2 Å². The highest BCUT2D eigenvalue weighted by molar-refractivity contribution is 5.69. The van der Waals surface area contributed by atoms with Crippen molar-refractivity contribution in [2.45, 2.75) is 6.92 Å². The second kappa shape index (κ2) is 4.53.